The summed E-state index contributed by atoms with van der Waals surface area (Å²) in [6, 6.07) is 1.96. The van der Waals surface area contributed by atoms with Crippen LogP contribution in [-0.2, 0) is 16.4 Å². The molecule has 100 valence electrons. The van der Waals surface area contributed by atoms with Gasteiger partial charge in [-0.05, 0) is 33.8 Å². The maximum Gasteiger partial charge on any atom is 0.496 e. The van der Waals surface area contributed by atoms with Crippen LogP contribution in [0, 0.1) is 0 Å². The van der Waals surface area contributed by atoms with E-state index in [-0.39, 0.29) is 11.2 Å². The summed E-state index contributed by atoms with van der Waals surface area (Å²) in [5.41, 5.74) is 1.68. The van der Waals surface area contributed by atoms with Crippen LogP contribution in [0.4, 0.5) is 0 Å². The van der Waals surface area contributed by atoms with Crippen molar-refractivity contribution in [1.82, 2.24) is 20.0 Å². The Bertz CT molecular complexity index is 622. The van der Waals surface area contributed by atoms with Gasteiger partial charge in [0.25, 0.3) is 0 Å². The summed E-state index contributed by atoms with van der Waals surface area (Å²) in [4.78, 5) is 4.29. The third-order valence-electron chi connectivity index (χ3n) is 4.02. The predicted molar refractivity (Wildman–Crippen MR) is 72.0 cm³/mol. The molecule has 1 aliphatic heterocycles. The van der Waals surface area contributed by atoms with Gasteiger partial charge in [0.2, 0.25) is 5.65 Å². The van der Waals surface area contributed by atoms with Gasteiger partial charge < -0.3 is 9.31 Å². The lowest BCUT2D eigenvalue weighted by Gasteiger charge is -2.32. The van der Waals surface area contributed by atoms with Crippen LogP contribution in [-0.4, -0.2) is 38.3 Å². The number of aryl methyl sites for hydroxylation is 1. The van der Waals surface area contributed by atoms with Gasteiger partial charge in [-0.15, -0.1) is 5.10 Å². The molecule has 6 nitrogen and oxygen atoms in total. The second-order valence-electron chi connectivity index (χ2n) is 5.91. The Kier molecular flexibility index (Phi) is 2.49. The van der Waals surface area contributed by atoms with Gasteiger partial charge in [-0.25, -0.2) is 9.67 Å². The topological polar surface area (TPSA) is 62.1 Å². The van der Waals surface area contributed by atoms with Gasteiger partial charge in [0.1, 0.15) is 5.52 Å². The molecule has 0 spiro atoms. The smallest absolute Gasteiger partial charge is 0.399 e. The Labute approximate surface area is 112 Å². The summed E-state index contributed by atoms with van der Waals surface area (Å²) >= 11 is 0. The number of hydrogen-bond acceptors (Lipinski definition) is 5. The number of nitrogens with zero attached hydrogens (tertiary/aromatic N) is 4. The largest absolute Gasteiger partial charge is 0.496 e. The number of pyridine rings is 1. The lowest BCUT2D eigenvalue weighted by molar-refractivity contribution is 0.00578. The molecule has 1 saturated heterocycles. The first kappa shape index (κ1) is 12.6. The first-order valence-corrected chi connectivity index (χ1v) is 6.31. The number of aromatic nitrogens is 4. The SMILES string of the molecule is Cn1nnc2ncc(B3OC(C)(C)C(C)(C)O3)cc21. The van der Waals surface area contributed by atoms with Crippen LogP contribution < -0.4 is 5.46 Å². The summed E-state index contributed by atoms with van der Waals surface area (Å²) in [6.07, 6.45) is 1.74. The van der Waals surface area contributed by atoms with E-state index in [2.05, 4.69) is 15.3 Å². The molecule has 2 aromatic heterocycles. The van der Waals surface area contributed by atoms with Crippen LogP contribution in [0.25, 0.3) is 11.2 Å². The van der Waals surface area contributed by atoms with E-state index in [1.54, 1.807) is 10.9 Å². The molecule has 19 heavy (non-hydrogen) atoms. The molecule has 3 heterocycles. The molecule has 0 atom stereocenters. The van der Waals surface area contributed by atoms with Crippen molar-refractivity contribution in [3.63, 3.8) is 0 Å². The minimum Gasteiger partial charge on any atom is -0.399 e. The van der Waals surface area contributed by atoms with E-state index in [1.165, 1.54) is 0 Å². The first-order chi connectivity index (χ1) is 8.80. The maximum atomic E-state index is 6.00. The molecule has 7 heteroatoms. The Hall–Kier alpha value is -1.47. The van der Waals surface area contributed by atoms with Gasteiger partial charge >= 0.3 is 7.12 Å². The molecule has 0 saturated carbocycles. The molecule has 0 N–H and O–H groups in total. The van der Waals surface area contributed by atoms with E-state index >= 15 is 0 Å². The molecule has 0 amide bonds. The quantitative estimate of drug-likeness (QED) is 0.705. The van der Waals surface area contributed by atoms with Crippen molar-refractivity contribution in [3.05, 3.63) is 12.3 Å². The molecule has 1 fully saturated rings. The van der Waals surface area contributed by atoms with Gasteiger partial charge in [0.15, 0.2) is 0 Å². The van der Waals surface area contributed by atoms with Crippen molar-refractivity contribution < 1.29 is 9.31 Å². The number of fused-ring (bicyclic) bond motifs is 1. The Morgan fingerprint density at radius 3 is 2.42 bits per heavy atom. The average molecular weight is 260 g/mol. The molecule has 3 rings (SSSR count). The molecule has 0 unspecified atom stereocenters. The summed E-state index contributed by atoms with van der Waals surface area (Å²) < 4.78 is 13.7. The van der Waals surface area contributed by atoms with Gasteiger partial charge in [-0.2, -0.15) is 0 Å². The van der Waals surface area contributed by atoms with Gasteiger partial charge in [-0.1, -0.05) is 5.21 Å². The lowest BCUT2D eigenvalue weighted by Crippen LogP contribution is -2.41. The van der Waals surface area contributed by atoms with Crippen molar-refractivity contribution in [3.8, 4) is 0 Å². The predicted octanol–water partition coefficient (Wildman–Crippen LogP) is 0.662. The highest BCUT2D eigenvalue weighted by Crippen LogP contribution is 2.36. The maximum absolute atomic E-state index is 6.00. The van der Waals surface area contributed by atoms with E-state index in [4.69, 9.17) is 9.31 Å². The van der Waals surface area contributed by atoms with E-state index in [0.717, 1.165) is 11.0 Å². The third kappa shape index (κ3) is 1.84. The van der Waals surface area contributed by atoms with E-state index in [0.29, 0.717) is 5.65 Å². The summed E-state index contributed by atoms with van der Waals surface area (Å²) in [6.45, 7) is 8.13. The van der Waals surface area contributed by atoms with Crippen LogP contribution in [0.15, 0.2) is 12.3 Å². The van der Waals surface area contributed by atoms with Crippen molar-refractivity contribution in [2.75, 3.05) is 0 Å². The van der Waals surface area contributed by atoms with Crippen LogP contribution in [0.2, 0.25) is 0 Å². The van der Waals surface area contributed by atoms with Gasteiger partial charge in [0.05, 0.1) is 11.2 Å². The summed E-state index contributed by atoms with van der Waals surface area (Å²) in [5, 5.41) is 7.91. The Morgan fingerprint density at radius 2 is 1.79 bits per heavy atom. The van der Waals surface area contributed by atoms with Crippen LogP contribution >= 0.6 is 0 Å². The minimum atomic E-state index is -0.406. The standard InChI is InChI=1S/C12H17BN4O2/c1-11(2)12(3,4)19-13(18-11)8-6-9-10(14-7-8)15-16-17(9)5/h6-7H,1-5H3. The Morgan fingerprint density at radius 1 is 1.16 bits per heavy atom. The van der Waals surface area contributed by atoms with Gasteiger partial charge in [0, 0.05) is 18.7 Å². The van der Waals surface area contributed by atoms with Crippen molar-refractivity contribution in [1.29, 1.82) is 0 Å². The fourth-order valence-electron chi connectivity index (χ4n) is 2.04. The van der Waals surface area contributed by atoms with E-state index < -0.39 is 7.12 Å². The number of hydrogen-bond donors (Lipinski definition) is 0. The summed E-state index contributed by atoms with van der Waals surface area (Å²) in [5.74, 6) is 0. The highest BCUT2D eigenvalue weighted by Gasteiger charge is 2.51. The normalized spacial score (nSPS) is 21.2. The van der Waals surface area contributed by atoms with Crippen molar-refractivity contribution >= 4 is 23.7 Å². The minimum absolute atomic E-state index is 0.350. The second kappa shape index (κ2) is 3.77. The van der Waals surface area contributed by atoms with Crippen LogP contribution in [0.5, 0.6) is 0 Å². The monoisotopic (exact) mass is 260 g/mol. The van der Waals surface area contributed by atoms with Crippen LogP contribution in [0.1, 0.15) is 27.7 Å². The lowest BCUT2D eigenvalue weighted by atomic mass is 9.80. The zero-order valence-electron chi connectivity index (χ0n) is 11.8. The molecule has 0 aliphatic carbocycles. The molecule has 0 aromatic carbocycles. The average Bonchev–Trinajstić information content (AvgIpc) is 2.78. The fraction of sp³-hybridized carbons (Fsp3) is 0.583. The zero-order chi connectivity index (χ0) is 13.8. The van der Waals surface area contributed by atoms with E-state index in [1.807, 2.05) is 40.8 Å². The molecule has 0 bridgehead atoms. The summed E-state index contributed by atoms with van der Waals surface area (Å²) in [7, 11) is 1.43. The van der Waals surface area contributed by atoms with Crippen molar-refractivity contribution in [2.45, 2.75) is 38.9 Å². The molecule has 1 aliphatic rings. The van der Waals surface area contributed by atoms with Crippen LogP contribution in [0.3, 0.4) is 0 Å². The highest BCUT2D eigenvalue weighted by molar-refractivity contribution is 6.62. The molecular formula is C12H17BN4O2. The third-order valence-corrected chi connectivity index (χ3v) is 4.02. The van der Waals surface area contributed by atoms with E-state index in [9.17, 15) is 0 Å². The Balaban J connectivity index is 2.00. The fourth-order valence-corrected chi connectivity index (χ4v) is 2.04. The second-order valence-corrected chi connectivity index (χ2v) is 5.91. The van der Waals surface area contributed by atoms with Gasteiger partial charge in [-0.3, -0.25) is 0 Å². The molecular weight excluding hydrogens is 243 g/mol. The molecule has 0 radical (unpaired) electrons. The number of rotatable bonds is 1. The highest BCUT2D eigenvalue weighted by atomic mass is 16.7. The molecule has 2 aromatic rings. The first-order valence-electron chi connectivity index (χ1n) is 6.31. The zero-order valence-corrected chi connectivity index (χ0v) is 11.8. The van der Waals surface area contributed by atoms with Crippen molar-refractivity contribution in [2.24, 2.45) is 7.05 Å².